The van der Waals surface area contributed by atoms with E-state index in [1.54, 1.807) is 13.2 Å². The lowest BCUT2D eigenvalue weighted by Gasteiger charge is -2.32. The molecule has 35 heavy (non-hydrogen) atoms. The first kappa shape index (κ1) is 22.6. The van der Waals surface area contributed by atoms with E-state index in [0.717, 1.165) is 43.1 Å². The minimum absolute atomic E-state index is 0.00268. The first-order valence-corrected chi connectivity index (χ1v) is 12.9. The minimum Gasteiger partial charge on any atom is -0.481 e. The number of piperidine rings is 1. The first-order chi connectivity index (χ1) is 17.0. The van der Waals surface area contributed by atoms with Crippen molar-refractivity contribution in [2.75, 3.05) is 37.8 Å². The molecule has 5 heterocycles. The lowest BCUT2D eigenvalue weighted by Crippen LogP contribution is -2.45. The predicted molar refractivity (Wildman–Crippen MR) is 132 cm³/mol. The maximum Gasteiger partial charge on any atom is 0.235 e. The molecule has 0 unspecified atom stereocenters. The lowest BCUT2D eigenvalue weighted by molar-refractivity contribution is -0.113. The zero-order valence-corrected chi connectivity index (χ0v) is 20.3. The number of fused-ring (bicyclic) bond motifs is 3. The second-order valence-corrected chi connectivity index (χ2v) is 10.5. The third kappa shape index (κ3) is 4.46. The fourth-order valence-corrected chi connectivity index (χ4v) is 6.02. The molecule has 8 nitrogen and oxygen atoms in total. The Labute approximate surface area is 207 Å². The number of anilines is 1. The van der Waals surface area contributed by atoms with E-state index >= 15 is 0 Å². The van der Waals surface area contributed by atoms with E-state index in [1.807, 2.05) is 18.2 Å². The third-order valence-corrected chi connectivity index (χ3v) is 8.41. The van der Waals surface area contributed by atoms with Gasteiger partial charge in [-0.15, -0.1) is 11.8 Å². The van der Waals surface area contributed by atoms with Gasteiger partial charge in [-0.05, 0) is 49.9 Å². The molecule has 2 N–H and O–H groups in total. The SMILES string of the molecule is COc1ccc2ncc(F)c(CCN3CC[C@]4(NCc5ccc6c(n5)NC(=O)CS6)C[C@@H]4C3)c2n1. The van der Waals surface area contributed by atoms with Gasteiger partial charge >= 0.3 is 0 Å². The molecular weight excluding hydrogens is 467 g/mol. The summed E-state index contributed by atoms with van der Waals surface area (Å²) in [6, 6.07) is 7.64. The van der Waals surface area contributed by atoms with Gasteiger partial charge in [0.05, 0.1) is 40.7 Å². The molecule has 1 saturated heterocycles. The Kier molecular flexibility index (Phi) is 5.82. The lowest BCUT2D eigenvalue weighted by atomic mass is 10.0. The Morgan fingerprint density at radius 2 is 2.23 bits per heavy atom. The maximum atomic E-state index is 14.6. The van der Waals surface area contributed by atoms with Crippen molar-refractivity contribution in [2.24, 2.45) is 5.92 Å². The number of pyridine rings is 3. The fraction of sp³-hybridized carbons (Fsp3) is 0.440. The highest BCUT2D eigenvalue weighted by Crippen LogP contribution is 2.49. The monoisotopic (exact) mass is 494 g/mol. The first-order valence-electron chi connectivity index (χ1n) is 11.9. The summed E-state index contributed by atoms with van der Waals surface area (Å²) in [5, 5.41) is 6.61. The van der Waals surface area contributed by atoms with Crippen molar-refractivity contribution in [2.45, 2.75) is 36.2 Å². The number of carbonyl (C=O) groups excluding carboxylic acids is 1. The van der Waals surface area contributed by atoms with Crippen molar-refractivity contribution in [1.82, 2.24) is 25.2 Å². The van der Waals surface area contributed by atoms with Crippen LogP contribution in [0.2, 0.25) is 0 Å². The molecule has 1 amide bonds. The van der Waals surface area contributed by atoms with E-state index in [0.29, 0.717) is 52.9 Å². The van der Waals surface area contributed by atoms with Gasteiger partial charge in [-0.3, -0.25) is 9.78 Å². The summed E-state index contributed by atoms with van der Waals surface area (Å²) in [7, 11) is 1.56. The highest BCUT2D eigenvalue weighted by Gasteiger charge is 2.56. The van der Waals surface area contributed by atoms with E-state index in [1.165, 1.54) is 18.0 Å². The molecule has 1 aliphatic carbocycles. The molecule has 6 rings (SSSR count). The van der Waals surface area contributed by atoms with Gasteiger partial charge in [0.25, 0.3) is 0 Å². The van der Waals surface area contributed by atoms with Crippen LogP contribution in [-0.4, -0.2) is 63.8 Å². The second-order valence-electron chi connectivity index (χ2n) is 9.50. The van der Waals surface area contributed by atoms with Crippen molar-refractivity contribution in [3.05, 3.63) is 47.5 Å². The summed E-state index contributed by atoms with van der Waals surface area (Å²) in [5.41, 5.74) is 2.96. The van der Waals surface area contributed by atoms with Crippen LogP contribution in [0.15, 0.2) is 35.4 Å². The Balaban J connectivity index is 1.06. The second kappa shape index (κ2) is 9.00. The summed E-state index contributed by atoms with van der Waals surface area (Å²) >= 11 is 1.53. The predicted octanol–water partition coefficient (Wildman–Crippen LogP) is 3.01. The highest BCUT2D eigenvalue weighted by molar-refractivity contribution is 8.00. The summed E-state index contributed by atoms with van der Waals surface area (Å²) < 4.78 is 19.9. The number of nitrogens with zero attached hydrogens (tertiary/aromatic N) is 4. The smallest absolute Gasteiger partial charge is 0.235 e. The van der Waals surface area contributed by atoms with Crippen molar-refractivity contribution in [3.8, 4) is 5.88 Å². The number of ether oxygens (including phenoxy) is 1. The minimum atomic E-state index is -0.315. The van der Waals surface area contributed by atoms with Crippen molar-refractivity contribution in [1.29, 1.82) is 0 Å². The molecular formula is C25H27FN6O2S. The molecule has 2 fully saturated rings. The molecule has 3 aromatic heterocycles. The molecule has 10 heteroatoms. The van der Waals surface area contributed by atoms with Crippen molar-refractivity contribution >= 4 is 34.5 Å². The van der Waals surface area contributed by atoms with Crippen molar-refractivity contribution in [3.63, 3.8) is 0 Å². The van der Waals surface area contributed by atoms with Crippen LogP contribution in [0.25, 0.3) is 11.0 Å². The molecule has 0 bridgehead atoms. The number of aromatic nitrogens is 3. The molecule has 182 valence electrons. The third-order valence-electron chi connectivity index (χ3n) is 7.37. The van der Waals surface area contributed by atoms with Crippen LogP contribution in [0.1, 0.15) is 24.1 Å². The Morgan fingerprint density at radius 3 is 3.09 bits per heavy atom. The zero-order valence-electron chi connectivity index (χ0n) is 19.5. The largest absolute Gasteiger partial charge is 0.481 e. The van der Waals surface area contributed by atoms with Crippen LogP contribution >= 0.6 is 11.8 Å². The van der Waals surface area contributed by atoms with Gasteiger partial charge in [0.15, 0.2) is 0 Å². The van der Waals surface area contributed by atoms with E-state index < -0.39 is 0 Å². The quantitative estimate of drug-likeness (QED) is 0.518. The van der Waals surface area contributed by atoms with Crippen LogP contribution in [0.3, 0.4) is 0 Å². The average Bonchev–Trinajstić information content (AvgIpc) is 3.60. The average molecular weight is 495 g/mol. The van der Waals surface area contributed by atoms with Crippen LogP contribution in [-0.2, 0) is 17.8 Å². The van der Waals surface area contributed by atoms with Crippen LogP contribution in [0.4, 0.5) is 10.2 Å². The standard InChI is InChI=1S/C25H27FN6O2S/c1-34-22-5-3-19-23(31-22)17(18(26)12-27-19)6-8-32-9-7-25(10-15(25)13-32)28-11-16-2-4-20-24(29-16)30-21(33)14-35-20/h2-5,12,15,28H,6-11,13-14H2,1H3,(H,29,30,33)/t15-,25+/m1/s1. The topological polar surface area (TPSA) is 92.3 Å². The zero-order chi connectivity index (χ0) is 24.0. The highest BCUT2D eigenvalue weighted by atomic mass is 32.2. The Hall–Kier alpha value is -2.82. The molecule has 2 aliphatic heterocycles. The number of carbonyl (C=O) groups is 1. The number of rotatable bonds is 7. The van der Waals surface area contributed by atoms with E-state index in [4.69, 9.17) is 4.74 Å². The van der Waals surface area contributed by atoms with Crippen molar-refractivity contribution < 1.29 is 13.9 Å². The Bertz CT molecular complexity index is 1310. The van der Waals surface area contributed by atoms with Gasteiger partial charge < -0.3 is 20.3 Å². The van der Waals surface area contributed by atoms with E-state index in [9.17, 15) is 9.18 Å². The summed E-state index contributed by atoms with van der Waals surface area (Å²) in [5.74, 6) is 1.86. The number of hydrogen-bond acceptors (Lipinski definition) is 8. The van der Waals surface area contributed by atoms with Crippen LogP contribution in [0.5, 0.6) is 5.88 Å². The van der Waals surface area contributed by atoms with Gasteiger partial charge in [-0.2, -0.15) is 0 Å². The number of nitrogens with one attached hydrogen (secondary N) is 2. The molecule has 3 aromatic rings. The summed E-state index contributed by atoms with van der Waals surface area (Å²) in [6.07, 6.45) is 4.07. The molecule has 1 saturated carbocycles. The maximum absolute atomic E-state index is 14.6. The van der Waals surface area contributed by atoms with E-state index in [-0.39, 0.29) is 17.3 Å². The number of thioether (sulfide) groups is 1. The molecule has 0 aromatic carbocycles. The number of methoxy groups -OCH3 is 1. The number of halogens is 1. The number of amides is 1. The van der Waals surface area contributed by atoms with Gasteiger partial charge in [0.1, 0.15) is 11.6 Å². The molecule has 0 radical (unpaired) electrons. The summed E-state index contributed by atoms with van der Waals surface area (Å²) in [6.45, 7) is 3.44. The van der Waals surface area contributed by atoms with Gasteiger partial charge in [-0.25, -0.2) is 14.4 Å². The van der Waals surface area contributed by atoms with Gasteiger partial charge in [-0.1, -0.05) is 0 Å². The van der Waals surface area contributed by atoms with Gasteiger partial charge in [0.2, 0.25) is 11.8 Å². The normalized spacial score (nSPS) is 23.5. The molecule has 2 atom stereocenters. The van der Waals surface area contributed by atoms with Crippen LogP contribution < -0.4 is 15.4 Å². The number of likely N-dealkylation sites (tertiary alicyclic amines) is 1. The number of hydrogen-bond donors (Lipinski definition) is 2. The molecule has 0 spiro atoms. The van der Waals surface area contributed by atoms with Gasteiger partial charge in [0, 0.05) is 36.8 Å². The molecule has 3 aliphatic rings. The Morgan fingerprint density at radius 1 is 1.31 bits per heavy atom. The van der Waals surface area contributed by atoms with E-state index in [2.05, 4.69) is 30.5 Å². The fourth-order valence-electron chi connectivity index (χ4n) is 5.26. The van der Waals surface area contributed by atoms with Crippen LogP contribution in [0, 0.1) is 11.7 Å². The summed E-state index contributed by atoms with van der Waals surface area (Å²) in [4.78, 5) is 28.4.